The Morgan fingerprint density at radius 2 is 1.95 bits per heavy atom. The number of nitrogens with one attached hydrogen (secondary N) is 1. The smallest absolute Gasteiger partial charge is 0.340 e. The average molecular weight is 267 g/mol. The van der Waals surface area contributed by atoms with Crippen molar-refractivity contribution in [2.75, 3.05) is 5.32 Å². The van der Waals surface area contributed by atoms with E-state index in [0.717, 1.165) is 11.3 Å². The van der Waals surface area contributed by atoms with Gasteiger partial charge in [0.15, 0.2) is 5.78 Å². The number of carbonyl (C=O) groups excluding carboxylic acids is 2. The van der Waals surface area contributed by atoms with E-state index in [0.29, 0.717) is 11.1 Å². The van der Waals surface area contributed by atoms with Crippen LogP contribution in [0.15, 0.2) is 48.5 Å². The normalized spacial score (nSPS) is 16.4. The zero-order valence-electron chi connectivity index (χ0n) is 10.9. The predicted molar refractivity (Wildman–Crippen MR) is 74.7 cm³/mol. The van der Waals surface area contributed by atoms with Crippen LogP contribution < -0.4 is 5.32 Å². The molecule has 0 saturated carbocycles. The van der Waals surface area contributed by atoms with Crippen LogP contribution in [0, 0.1) is 0 Å². The highest BCUT2D eigenvalue weighted by atomic mass is 16.6. The summed E-state index contributed by atoms with van der Waals surface area (Å²) in [6.07, 6.45) is -0.513. The molecule has 20 heavy (non-hydrogen) atoms. The van der Waals surface area contributed by atoms with Crippen LogP contribution >= 0.6 is 0 Å². The third-order valence-corrected chi connectivity index (χ3v) is 3.25. The standard InChI is InChI=1S/C16H13NO3/c1-10(18)11-5-4-6-12(9-11)17-15-13-7-2-3-8-14(13)16(19)20-15/h2-9,15,17H,1H3. The fourth-order valence-electron chi connectivity index (χ4n) is 2.23. The SMILES string of the molecule is CC(=O)c1cccc(NC2OC(=O)c3ccccc32)c1. The lowest BCUT2D eigenvalue weighted by Gasteiger charge is -2.14. The van der Waals surface area contributed by atoms with Gasteiger partial charge in [0, 0.05) is 16.8 Å². The van der Waals surface area contributed by atoms with Crippen LogP contribution in [-0.2, 0) is 4.74 Å². The van der Waals surface area contributed by atoms with Crippen LogP contribution in [0.2, 0.25) is 0 Å². The Morgan fingerprint density at radius 1 is 1.15 bits per heavy atom. The molecule has 0 bridgehead atoms. The summed E-state index contributed by atoms with van der Waals surface area (Å²) in [7, 11) is 0. The highest BCUT2D eigenvalue weighted by Crippen LogP contribution is 2.31. The summed E-state index contributed by atoms with van der Waals surface area (Å²) in [4.78, 5) is 23.1. The van der Waals surface area contributed by atoms with Crippen molar-refractivity contribution in [2.24, 2.45) is 0 Å². The van der Waals surface area contributed by atoms with E-state index < -0.39 is 6.23 Å². The van der Waals surface area contributed by atoms with Crippen molar-refractivity contribution in [2.45, 2.75) is 13.2 Å². The van der Waals surface area contributed by atoms with Gasteiger partial charge in [-0.25, -0.2) is 4.79 Å². The van der Waals surface area contributed by atoms with Gasteiger partial charge in [-0.2, -0.15) is 0 Å². The van der Waals surface area contributed by atoms with Crippen molar-refractivity contribution in [1.29, 1.82) is 0 Å². The minimum absolute atomic E-state index is 0.00235. The zero-order chi connectivity index (χ0) is 14.1. The monoisotopic (exact) mass is 267 g/mol. The number of esters is 1. The Labute approximate surface area is 116 Å². The van der Waals surface area contributed by atoms with E-state index in [1.54, 1.807) is 30.3 Å². The molecular weight excluding hydrogens is 254 g/mol. The molecule has 0 aliphatic carbocycles. The second-order valence-corrected chi connectivity index (χ2v) is 4.65. The average Bonchev–Trinajstić information content (AvgIpc) is 2.76. The molecule has 4 nitrogen and oxygen atoms in total. The first kappa shape index (κ1) is 12.4. The fourth-order valence-corrected chi connectivity index (χ4v) is 2.23. The van der Waals surface area contributed by atoms with Crippen molar-refractivity contribution in [3.63, 3.8) is 0 Å². The number of ether oxygens (including phenoxy) is 1. The Hall–Kier alpha value is -2.62. The van der Waals surface area contributed by atoms with Crippen LogP contribution in [0.25, 0.3) is 0 Å². The molecule has 2 aromatic rings. The summed E-state index contributed by atoms with van der Waals surface area (Å²) in [5.74, 6) is -0.335. The van der Waals surface area contributed by atoms with E-state index in [1.807, 2.05) is 18.2 Å². The van der Waals surface area contributed by atoms with E-state index in [2.05, 4.69) is 5.32 Å². The largest absolute Gasteiger partial charge is 0.434 e. The van der Waals surface area contributed by atoms with Gasteiger partial charge in [-0.15, -0.1) is 0 Å². The van der Waals surface area contributed by atoms with Gasteiger partial charge in [-0.3, -0.25) is 4.79 Å². The minimum atomic E-state index is -0.513. The van der Waals surface area contributed by atoms with Gasteiger partial charge in [0.25, 0.3) is 0 Å². The van der Waals surface area contributed by atoms with Crippen LogP contribution in [0.4, 0.5) is 5.69 Å². The van der Waals surface area contributed by atoms with Crippen LogP contribution in [0.5, 0.6) is 0 Å². The second kappa shape index (κ2) is 4.81. The Bertz CT molecular complexity index is 694. The number of hydrogen-bond donors (Lipinski definition) is 1. The zero-order valence-corrected chi connectivity index (χ0v) is 10.9. The van der Waals surface area contributed by atoms with Crippen molar-refractivity contribution < 1.29 is 14.3 Å². The number of cyclic esters (lactones) is 1. The Morgan fingerprint density at radius 3 is 2.75 bits per heavy atom. The minimum Gasteiger partial charge on any atom is -0.434 e. The summed E-state index contributed by atoms with van der Waals surface area (Å²) < 4.78 is 5.30. The molecule has 1 aliphatic rings. The molecule has 0 aromatic heterocycles. The van der Waals surface area contributed by atoms with Crippen molar-refractivity contribution in [3.05, 3.63) is 65.2 Å². The van der Waals surface area contributed by atoms with E-state index in [-0.39, 0.29) is 11.8 Å². The topological polar surface area (TPSA) is 55.4 Å². The summed E-state index contributed by atoms with van der Waals surface area (Å²) in [5.41, 5.74) is 2.75. The van der Waals surface area contributed by atoms with Crippen LogP contribution in [-0.4, -0.2) is 11.8 Å². The van der Waals surface area contributed by atoms with E-state index >= 15 is 0 Å². The Balaban J connectivity index is 1.88. The molecule has 3 rings (SSSR count). The molecule has 4 heteroatoms. The van der Waals surface area contributed by atoms with Gasteiger partial charge >= 0.3 is 5.97 Å². The van der Waals surface area contributed by atoms with Crippen LogP contribution in [0.3, 0.4) is 0 Å². The quantitative estimate of drug-likeness (QED) is 0.685. The fraction of sp³-hybridized carbons (Fsp3) is 0.125. The third kappa shape index (κ3) is 2.16. The van der Waals surface area contributed by atoms with Gasteiger partial charge in [-0.05, 0) is 25.1 Å². The summed E-state index contributed by atoms with van der Waals surface area (Å²) in [5, 5.41) is 3.13. The Kier molecular flexibility index (Phi) is 2.99. The number of ketones is 1. The van der Waals surface area contributed by atoms with Crippen molar-refractivity contribution in [3.8, 4) is 0 Å². The lowest BCUT2D eigenvalue weighted by Crippen LogP contribution is -2.10. The van der Waals surface area contributed by atoms with Gasteiger partial charge < -0.3 is 10.1 Å². The molecule has 1 atom stereocenters. The van der Waals surface area contributed by atoms with Crippen molar-refractivity contribution in [1.82, 2.24) is 0 Å². The summed E-state index contributed by atoms with van der Waals surface area (Å²) >= 11 is 0. The maximum Gasteiger partial charge on any atom is 0.340 e. The molecule has 0 fully saturated rings. The predicted octanol–water partition coefficient (Wildman–Crippen LogP) is 3.17. The van der Waals surface area contributed by atoms with E-state index in [4.69, 9.17) is 4.74 Å². The lowest BCUT2D eigenvalue weighted by molar-refractivity contribution is 0.0437. The van der Waals surface area contributed by atoms with E-state index in [1.165, 1.54) is 6.92 Å². The number of carbonyl (C=O) groups is 2. The van der Waals surface area contributed by atoms with Gasteiger partial charge in [0.2, 0.25) is 6.23 Å². The number of rotatable bonds is 3. The van der Waals surface area contributed by atoms with Crippen molar-refractivity contribution >= 4 is 17.4 Å². The number of anilines is 1. The molecule has 1 unspecified atom stereocenters. The first-order valence-electron chi connectivity index (χ1n) is 6.32. The number of hydrogen-bond acceptors (Lipinski definition) is 4. The molecule has 0 saturated heterocycles. The van der Waals surface area contributed by atoms with Crippen LogP contribution in [0.1, 0.15) is 39.4 Å². The first-order valence-corrected chi connectivity index (χ1v) is 6.32. The molecule has 2 aromatic carbocycles. The second-order valence-electron chi connectivity index (χ2n) is 4.65. The number of benzene rings is 2. The van der Waals surface area contributed by atoms with E-state index in [9.17, 15) is 9.59 Å². The lowest BCUT2D eigenvalue weighted by atomic mass is 10.1. The molecule has 1 aliphatic heterocycles. The maximum absolute atomic E-state index is 11.7. The van der Waals surface area contributed by atoms with Gasteiger partial charge in [-0.1, -0.05) is 30.3 Å². The third-order valence-electron chi connectivity index (χ3n) is 3.25. The molecule has 0 spiro atoms. The maximum atomic E-state index is 11.7. The van der Waals surface area contributed by atoms with Gasteiger partial charge in [0.1, 0.15) is 0 Å². The molecule has 0 amide bonds. The summed E-state index contributed by atoms with van der Waals surface area (Å²) in [6.45, 7) is 1.52. The summed E-state index contributed by atoms with van der Waals surface area (Å²) in [6, 6.07) is 14.4. The molecule has 0 radical (unpaired) electrons. The highest BCUT2D eigenvalue weighted by molar-refractivity contribution is 5.95. The highest BCUT2D eigenvalue weighted by Gasteiger charge is 2.30. The molecule has 1 N–H and O–H groups in total. The number of Topliss-reactive ketones (excluding diaryl/α,β-unsaturated/α-hetero) is 1. The number of fused-ring (bicyclic) bond motifs is 1. The molecular formula is C16H13NO3. The molecule has 1 heterocycles. The van der Waals surface area contributed by atoms with Gasteiger partial charge in [0.05, 0.1) is 5.56 Å². The molecule has 100 valence electrons. The first-order chi connectivity index (χ1) is 9.65.